The molecule has 2 aromatic heterocycles. The van der Waals surface area contributed by atoms with Crippen molar-refractivity contribution in [3.05, 3.63) is 193 Å². The van der Waals surface area contributed by atoms with Gasteiger partial charge in [0, 0.05) is 32.9 Å². The highest BCUT2D eigenvalue weighted by Crippen LogP contribution is 2.43. The van der Waals surface area contributed by atoms with Gasteiger partial charge in [-0.2, -0.15) is 0 Å². The van der Waals surface area contributed by atoms with E-state index in [4.69, 9.17) is 0 Å². The van der Waals surface area contributed by atoms with Gasteiger partial charge in [-0.15, -0.1) is 0 Å². The lowest BCUT2D eigenvalue weighted by molar-refractivity contribution is 1.17. The first-order valence-electron chi connectivity index (χ1n) is 17.7. The van der Waals surface area contributed by atoms with Gasteiger partial charge in [0.1, 0.15) is 0 Å². The maximum Gasteiger partial charge on any atom is 0.0544 e. The predicted octanol–water partition coefficient (Wildman–Crippen LogP) is 12.8. The van der Waals surface area contributed by atoms with Crippen LogP contribution in [-0.4, -0.2) is 9.13 Å². The molecule has 2 heteroatoms. The molecule has 1 aliphatic carbocycles. The van der Waals surface area contributed by atoms with Crippen molar-refractivity contribution in [1.29, 1.82) is 0 Å². The van der Waals surface area contributed by atoms with Crippen molar-refractivity contribution in [3.63, 3.8) is 0 Å². The summed E-state index contributed by atoms with van der Waals surface area (Å²) in [5.41, 5.74) is 17.7. The second-order valence-corrected chi connectivity index (χ2v) is 13.8. The molecule has 1 aliphatic rings. The van der Waals surface area contributed by atoms with E-state index in [1.54, 1.807) is 0 Å². The van der Waals surface area contributed by atoms with Crippen molar-refractivity contribution >= 4 is 43.6 Å². The van der Waals surface area contributed by atoms with Crippen LogP contribution in [0.4, 0.5) is 0 Å². The van der Waals surface area contributed by atoms with E-state index in [0.717, 1.165) is 12.1 Å². The van der Waals surface area contributed by atoms with Crippen molar-refractivity contribution in [2.75, 3.05) is 0 Å². The van der Waals surface area contributed by atoms with E-state index >= 15 is 0 Å². The molecule has 0 saturated carbocycles. The molecule has 0 aliphatic heterocycles. The fourth-order valence-corrected chi connectivity index (χ4v) is 8.55. The number of rotatable bonds is 4. The average molecular weight is 649 g/mol. The van der Waals surface area contributed by atoms with Gasteiger partial charge in [-0.3, -0.25) is 0 Å². The van der Waals surface area contributed by atoms with E-state index in [1.807, 2.05) is 0 Å². The number of benzene rings is 8. The maximum absolute atomic E-state index is 2.45. The Balaban J connectivity index is 1.09. The number of nitrogens with zero attached hydrogens (tertiary/aromatic N) is 2. The summed E-state index contributed by atoms with van der Waals surface area (Å²) < 4.78 is 4.84. The molecule has 238 valence electrons. The first-order chi connectivity index (χ1) is 25.3. The van der Waals surface area contributed by atoms with Crippen LogP contribution in [0, 0.1) is 0 Å². The number of fused-ring (bicyclic) bond motifs is 9. The van der Waals surface area contributed by atoms with Crippen LogP contribution in [0.25, 0.3) is 88.4 Å². The lowest BCUT2D eigenvalue weighted by Gasteiger charge is -2.10. The highest BCUT2D eigenvalue weighted by molar-refractivity contribution is 6.14. The van der Waals surface area contributed by atoms with Gasteiger partial charge >= 0.3 is 0 Å². The fraction of sp³-hybridized carbons (Fsp3) is 0.0204. The fourth-order valence-electron chi connectivity index (χ4n) is 8.55. The Morgan fingerprint density at radius 1 is 0.294 bits per heavy atom. The molecule has 2 heterocycles. The van der Waals surface area contributed by atoms with E-state index in [0.29, 0.717) is 0 Å². The SMILES string of the molecule is c1ccc(-c2ccc(-n3c4ccccc4c4cc(-c5ccc6c(c5)c5cc7c(cc5n6-c5ccccc5)Cc5ccccc5-7)ccc43)cc2)cc1. The quantitative estimate of drug-likeness (QED) is 0.180. The molecular formula is C49H32N2. The van der Waals surface area contributed by atoms with Crippen molar-refractivity contribution in [1.82, 2.24) is 9.13 Å². The lowest BCUT2D eigenvalue weighted by Crippen LogP contribution is -1.94. The molecule has 0 spiro atoms. The van der Waals surface area contributed by atoms with Gasteiger partial charge in [-0.25, -0.2) is 0 Å². The molecule has 8 aromatic carbocycles. The van der Waals surface area contributed by atoms with E-state index < -0.39 is 0 Å². The highest BCUT2D eigenvalue weighted by Gasteiger charge is 2.22. The summed E-state index contributed by atoms with van der Waals surface area (Å²) in [6.07, 6.45) is 0.980. The first-order valence-corrected chi connectivity index (χ1v) is 17.7. The Morgan fingerprint density at radius 3 is 1.59 bits per heavy atom. The largest absolute Gasteiger partial charge is 0.309 e. The number of hydrogen-bond donors (Lipinski definition) is 0. The highest BCUT2D eigenvalue weighted by atomic mass is 15.0. The van der Waals surface area contributed by atoms with Crippen LogP contribution in [0.5, 0.6) is 0 Å². The van der Waals surface area contributed by atoms with Gasteiger partial charge in [-0.05, 0) is 118 Å². The molecule has 0 bridgehead atoms. The molecular weight excluding hydrogens is 617 g/mol. The van der Waals surface area contributed by atoms with Gasteiger partial charge in [0.2, 0.25) is 0 Å². The van der Waals surface area contributed by atoms with Crippen LogP contribution in [0.2, 0.25) is 0 Å². The molecule has 51 heavy (non-hydrogen) atoms. The zero-order valence-corrected chi connectivity index (χ0v) is 27.9. The molecule has 2 nitrogen and oxygen atoms in total. The first kappa shape index (κ1) is 28.2. The standard InChI is InChI=1S/C49H32N2/c1-3-11-32(12-4-1)33-19-23-39(24-20-33)50-46-18-10-9-17-41(46)43-28-34(21-25-47(43)50)35-22-26-48-44(29-35)45-31-42-37(27-36-13-7-8-16-40(36)42)30-49(45)51(48)38-14-5-2-6-15-38/h1-26,28-31H,27H2. The summed E-state index contributed by atoms with van der Waals surface area (Å²) in [5.74, 6) is 0. The predicted molar refractivity (Wildman–Crippen MR) is 214 cm³/mol. The third-order valence-corrected chi connectivity index (χ3v) is 10.9. The van der Waals surface area contributed by atoms with Crippen LogP contribution >= 0.6 is 0 Å². The van der Waals surface area contributed by atoms with Crippen LogP contribution in [-0.2, 0) is 6.42 Å². The minimum Gasteiger partial charge on any atom is -0.309 e. The van der Waals surface area contributed by atoms with Gasteiger partial charge in [-0.1, -0.05) is 115 Å². The van der Waals surface area contributed by atoms with E-state index in [2.05, 4.69) is 191 Å². The molecule has 10 aromatic rings. The summed E-state index contributed by atoms with van der Waals surface area (Å²) in [5, 5.41) is 5.09. The third-order valence-electron chi connectivity index (χ3n) is 10.9. The Labute approximate surface area is 296 Å². The molecule has 0 saturated heterocycles. The van der Waals surface area contributed by atoms with Crippen molar-refractivity contribution in [2.45, 2.75) is 6.42 Å². The Hall–Kier alpha value is -6.64. The molecule has 0 fully saturated rings. The van der Waals surface area contributed by atoms with E-state index in [-0.39, 0.29) is 0 Å². The zero-order valence-electron chi connectivity index (χ0n) is 27.9. The minimum absolute atomic E-state index is 0.980. The minimum atomic E-state index is 0.980. The van der Waals surface area contributed by atoms with Crippen LogP contribution in [0.3, 0.4) is 0 Å². The second-order valence-electron chi connectivity index (χ2n) is 13.8. The Morgan fingerprint density at radius 2 is 0.824 bits per heavy atom. The van der Waals surface area contributed by atoms with Crippen LogP contribution in [0.1, 0.15) is 11.1 Å². The zero-order chi connectivity index (χ0) is 33.5. The van der Waals surface area contributed by atoms with Gasteiger partial charge in [0.05, 0.1) is 22.1 Å². The number of hydrogen-bond acceptors (Lipinski definition) is 0. The summed E-state index contributed by atoms with van der Waals surface area (Å²) in [6, 6.07) is 66.9. The van der Waals surface area contributed by atoms with Crippen molar-refractivity contribution in [3.8, 4) is 44.8 Å². The van der Waals surface area contributed by atoms with Crippen LogP contribution < -0.4 is 0 Å². The van der Waals surface area contributed by atoms with E-state index in [9.17, 15) is 0 Å². The maximum atomic E-state index is 2.45. The van der Waals surface area contributed by atoms with Crippen molar-refractivity contribution < 1.29 is 0 Å². The third kappa shape index (κ3) is 4.30. The number of para-hydroxylation sites is 2. The topological polar surface area (TPSA) is 9.86 Å². The number of aromatic nitrogens is 2. The summed E-state index contributed by atoms with van der Waals surface area (Å²) in [6.45, 7) is 0. The Kier molecular flexibility index (Phi) is 6.05. The lowest BCUT2D eigenvalue weighted by atomic mass is 9.99. The molecule has 0 N–H and O–H groups in total. The summed E-state index contributed by atoms with van der Waals surface area (Å²) >= 11 is 0. The summed E-state index contributed by atoms with van der Waals surface area (Å²) in [7, 11) is 0. The Bertz CT molecular complexity index is 2960. The van der Waals surface area contributed by atoms with Crippen molar-refractivity contribution in [2.24, 2.45) is 0 Å². The van der Waals surface area contributed by atoms with Crippen LogP contribution in [0.15, 0.2) is 182 Å². The molecule has 11 rings (SSSR count). The normalized spacial score (nSPS) is 12.2. The molecule has 0 unspecified atom stereocenters. The molecule has 0 atom stereocenters. The second kappa shape index (κ2) is 10.9. The van der Waals surface area contributed by atoms with Gasteiger partial charge in [0.15, 0.2) is 0 Å². The average Bonchev–Trinajstić information content (AvgIpc) is 3.84. The summed E-state index contributed by atoms with van der Waals surface area (Å²) in [4.78, 5) is 0. The van der Waals surface area contributed by atoms with Gasteiger partial charge in [0.25, 0.3) is 0 Å². The van der Waals surface area contributed by atoms with Gasteiger partial charge < -0.3 is 9.13 Å². The molecule has 0 radical (unpaired) electrons. The van der Waals surface area contributed by atoms with E-state index in [1.165, 1.54) is 93.8 Å². The molecule has 0 amide bonds. The smallest absolute Gasteiger partial charge is 0.0544 e. The monoisotopic (exact) mass is 648 g/mol.